The lowest BCUT2D eigenvalue weighted by atomic mass is 9.92. The lowest BCUT2D eigenvalue weighted by molar-refractivity contribution is -0.135. The smallest absolute Gasteiger partial charge is 0.325 e. The summed E-state index contributed by atoms with van der Waals surface area (Å²) < 4.78 is 23.8. The van der Waals surface area contributed by atoms with Crippen LogP contribution >= 0.6 is 0 Å². The van der Waals surface area contributed by atoms with Gasteiger partial charge in [0, 0.05) is 0 Å². The van der Waals surface area contributed by atoms with Gasteiger partial charge in [-0.25, -0.2) is 9.18 Å². The van der Waals surface area contributed by atoms with E-state index >= 15 is 0 Å². The highest BCUT2D eigenvalue weighted by molar-refractivity contribution is 6.09. The molecule has 36 heavy (non-hydrogen) atoms. The summed E-state index contributed by atoms with van der Waals surface area (Å²) in [5, 5.41) is 5.54. The molecule has 0 bridgehead atoms. The summed E-state index contributed by atoms with van der Waals surface area (Å²) in [7, 11) is 3.13. The van der Waals surface area contributed by atoms with Crippen molar-refractivity contribution in [2.75, 3.05) is 20.8 Å². The van der Waals surface area contributed by atoms with Crippen LogP contribution in [0.5, 0.6) is 11.5 Å². The van der Waals surface area contributed by atoms with Crippen LogP contribution in [0.3, 0.4) is 0 Å². The Morgan fingerprint density at radius 1 is 0.917 bits per heavy atom. The molecule has 0 aliphatic carbocycles. The van der Waals surface area contributed by atoms with Gasteiger partial charge >= 0.3 is 6.03 Å². The van der Waals surface area contributed by atoms with Crippen molar-refractivity contribution in [3.63, 3.8) is 0 Å². The van der Waals surface area contributed by atoms with Gasteiger partial charge in [-0.3, -0.25) is 14.5 Å². The number of nitrogens with one attached hydrogen (secondary N) is 2. The zero-order valence-electron chi connectivity index (χ0n) is 20.1. The molecule has 0 spiro atoms. The van der Waals surface area contributed by atoms with Crippen molar-refractivity contribution in [1.82, 2.24) is 15.5 Å². The molecule has 4 amide bonds. The standard InChI is InChI=1S/C27H26FN3O5/c1-27(19-8-10-20(28)11-9-19)25(33)31(26(34)30-27)16-23(32)29-24(17-4-12-21(35-2)13-5-17)18-6-14-22(36-3)15-7-18/h4-15,24H,16H2,1-3H3,(H,29,32)(H,30,34). The maximum absolute atomic E-state index is 13.4. The van der Waals surface area contributed by atoms with E-state index in [0.29, 0.717) is 17.1 Å². The summed E-state index contributed by atoms with van der Waals surface area (Å²) in [4.78, 5) is 39.8. The molecule has 9 heteroatoms. The summed E-state index contributed by atoms with van der Waals surface area (Å²) in [6, 6.07) is 18.5. The number of methoxy groups -OCH3 is 2. The Hall–Kier alpha value is -4.40. The van der Waals surface area contributed by atoms with Crippen molar-refractivity contribution in [2.45, 2.75) is 18.5 Å². The summed E-state index contributed by atoms with van der Waals surface area (Å²) >= 11 is 0. The van der Waals surface area contributed by atoms with E-state index < -0.39 is 41.8 Å². The van der Waals surface area contributed by atoms with Crippen LogP contribution in [0.15, 0.2) is 72.8 Å². The number of hydrogen-bond acceptors (Lipinski definition) is 5. The van der Waals surface area contributed by atoms with E-state index in [1.54, 1.807) is 38.5 Å². The first-order valence-corrected chi connectivity index (χ1v) is 11.2. The quantitative estimate of drug-likeness (QED) is 0.470. The molecule has 0 saturated carbocycles. The van der Waals surface area contributed by atoms with Crippen LogP contribution < -0.4 is 20.1 Å². The fourth-order valence-corrected chi connectivity index (χ4v) is 4.12. The van der Waals surface area contributed by atoms with Crippen molar-refractivity contribution in [3.05, 3.63) is 95.3 Å². The first-order chi connectivity index (χ1) is 17.2. The van der Waals surface area contributed by atoms with Crippen molar-refractivity contribution in [2.24, 2.45) is 0 Å². The second kappa shape index (κ2) is 10.1. The van der Waals surface area contributed by atoms with Crippen LogP contribution in [0.2, 0.25) is 0 Å². The van der Waals surface area contributed by atoms with E-state index in [1.807, 2.05) is 24.3 Å². The van der Waals surface area contributed by atoms with E-state index in [4.69, 9.17) is 9.47 Å². The topological polar surface area (TPSA) is 97.0 Å². The minimum atomic E-state index is -1.41. The first kappa shape index (κ1) is 24.7. The Kier molecular flexibility index (Phi) is 6.91. The Bertz CT molecular complexity index is 1210. The molecule has 0 aromatic heterocycles. The van der Waals surface area contributed by atoms with E-state index in [0.717, 1.165) is 16.0 Å². The fourth-order valence-electron chi connectivity index (χ4n) is 4.12. The largest absolute Gasteiger partial charge is 0.497 e. The number of rotatable bonds is 8. The molecule has 0 radical (unpaired) electrons. The predicted molar refractivity (Wildman–Crippen MR) is 130 cm³/mol. The number of nitrogens with zero attached hydrogens (tertiary/aromatic N) is 1. The Morgan fingerprint density at radius 3 is 1.89 bits per heavy atom. The van der Waals surface area contributed by atoms with Crippen LogP contribution in [0.1, 0.15) is 29.7 Å². The van der Waals surface area contributed by atoms with Gasteiger partial charge in [0.15, 0.2) is 0 Å². The second-order valence-electron chi connectivity index (χ2n) is 8.50. The minimum absolute atomic E-state index is 0.416. The van der Waals surface area contributed by atoms with Gasteiger partial charge in [-0.05, 0) is 60.0 Å². The van der Waals surface area contributed by atoms with Gasteiger partial charge < -0.3 is 20.1 Å². The van der Waals surface area contributed by atoms with Gasteiger partial charge in [0.25, 0.3) is 5.91 Å². The molecule has 186 valence electrons. The Balaban J connectivity index is 1.55. The van der Waals surface area contributed by atoms with Gasteiger partial charge in [-0.15, -0.1) is 0 Å². The molecule has 1 atom stereocenters. The number of urea groups is 1. The van der Waals surface area contributed by atoms with Gasteiger partial charge in [0.05, 0.1) is 20.3 Å². The van der Waals surface area contributed by atoms with Crippen molar-refractivity contribution < 1.29 is 28.2 Å². The van der Waals surface area contributed by atoms with Gasteiger partial charge in [0.1, 0.15) is 29.4 Å². The fraction of sp³-hybridized carbons (Fsp3) is 0.222. The molecule has 2 N–H and O–H groups in total. The van der Waals surface area contributed by atoms with Gasteiger partial charge in [-0.1, -0.05) is 36.4 Å². The third-order valence-corrected chi connectivity index (χ3v) is 6.20. The van der Waals surface area contributed by atoms with Crippen LogP contribution in [0.4, 0.5) is 9.18 Å². The molecule has 1 heterocycles. The number of benzene rings is 3. The molecule has 3 aromatic rings. The summed E-state index contributed by atoms with van der Waals surface area (Å²) in [6.45, 7) is 1.04. The number of carbonyl (C=O) groups is 3. The van der Waals surface area contributed by atoms with Crippen molar-refractivity contribution in [3.8, 4) is 11.5 Å². The lowest BCUT2D eigenvalue weighted by Gasteiger charge is -2.23. The molecule has 1 unspecified atom stereocenters. The molecule has 3 aromatic carbocycles. The third-order valence-electron chi connectivity index (χ3n) is 6.20. The SMILES string of the molecule is COc1ccc(C(NC(=O)CN2C(=O)NC(C)(c3ccc(F)cc3)C2=O)c2ccc(OC)cc2)cc1. The lowest BCUT2D eigenvalue weighted by Crippen LogP contribution is -2.44. The third kappa shape index (κ3) is 4.86. The number of carbonyl (C=O) groups excluding carboxylic acids is 3. The molecular weight excluding hydrogens is 465 g/mol. The van der Waals surface area contributed by atoms with Crippen LogP contribution in [-0.2, 0) is 15.1 Å². The highest BCUT2D eigenvalue weighted by atomic mass is 19.1. The number of halogens is 1. The first-order valence-electron chi connectivity index (χ1n) is 11.2. The number of hydrogen-bond donors (Lipinski definition) is 2. The molecule has 1 aliphatic heterocycles. The zero-order valence-corrected chi connectivity index (χ0v) is 20.1. The number of ether oxygens (including phenoxy) is 2. The van der Waals surface area contributed by atoms with Gasteiger partial charge in [0.2, 0.25) is 5.91 Å². The van der Waals surface area contributed by atoms with E-state index in [9.17, 15) is 18.8 Å². The maximum Gasteiger partial charge on any atom is 0.325 e. The zero-order chi connectivity index (χ0) is 25.9. The van der Waals surface area contributed by atoms with Crippen LogP contribution in [0, 0.1) is 5.82 Å². The van der Waals surface area contributed by atoms with E-state index in [-0.39, 0.29) is 0 Å². The second-order valence-corrected chi connectivity index (χ2v) is 8.50. The van der Waals surface area contributed by atoms with Crippen molar-refractivity contribution in [1.29, 1.82) is 0 Å². The average Bonchev–Trinajstić information content (AvgIpc) is 3.11. The maximum atomic E-state index is 13.4. The summed E-state index contributed by atoms with van der Waals surface area (Å²) in [5.74, 6) is -0.257. The van der Waals surface area contributed by atoms with Crippen LogP contribution in [0.25, 0.3) is 0 Å². The monoisotopic (exact) mass is 491 g/mol. The summed E-state index contributed by atoms with van der Waals surface area (Å²) in [6.07, 6.45) is 0. The highest BCUT2D eigenvalue weighted by Gasteiger charge is 2.49. The highest BCUT2D eigenvalue weighted by Crippen LogP contribution is 2.30. The number of imide groups is 1. The minimum Gasteiger partial charge on any atom is -0.497 e. The molecule has 1 fully saturated rings. The summed E-state index contributed by atoms with van der Waals surface area (Å²) in [5.41, 5.74) is 0.570. The van der Waals surface area contributed by atoms with Gasteiger partial charge in [-0.2, -0.15) is 0 Å². The van der Waals surface area contributed by atoms with E-state index in [1.165, 1.54) is 31.2 Å². The molecule has 1 aliphatic rings. The number of amides is 4. The van der Waals surface area contributed by atoms with Crippen molar-refractivity contribution >= 4 is 17.8 Å². The average molecular weight is 492 g/mol. The molecular formula is C27H26FN3O5. The Labute approximate surface area is 208 Å². The van der Waals surface area contributed by atoms with Crippen LogP contribution in [-0.4, -0.2) is 43.5 Å². The predicted octanol–water partition coefficient (Wildman–Crippen LogP) is 3.52. The molecule has 4 rings (SSSR count). The normalized spacial score (nSPS) is 17.2. The molecule has 1 saturated heterocycles. The Morgan fingerprint density at radius 2 is 1.42 bits per heavy atom. The van der Waals surface area contributed by atoms with E-state index in [2.05, 4.69) is 10.6 Å². The molecule has 8 nitrogen and oxygen atoms in total.